The molecule has 2 aromatic rings. The summed E-state index contributed by atoms with van der Waals surface area (Å²) in [6.45, 7) is 7.65. The third kappa shape index (κ3) is 3.81. The molecule has 2 amide bonds. The van der Waals surface area contributed by atoms with Crippen LogP contribution in [0.3, 0.4) is 0 Å². The van der Waals surface area contributed by atoms with Crippen molar-refractivity contribution in [2.45, 2.75) is 27.2 Å². The first-order chi connectivity index (χ1) is 15.7. The third-order valence-corrected chi connectivity index (χ3v) is 6.64. The Labute approximate surface area is 195 Å². The van der Waals surface area contributed by atoms with Gasteiger partial charge in [-0.1, -0.05) is 17.7 Å². The lowest BCUT2D eigenvalue weighted by Gasteiger charge is -2.42. The van der Waals surface area contributed by atoms with Crippen molar-refractivity contribution >= 4 is 23.3 Å². The number of ether oxygens (including phenoxy) is 2. The second-order valence-corrected chi connectivity index (χ2v) is 9.00. The molecule has 2 aliphatic rings. The van der Waals surface area contributed by atoms with Gasteiger partial charge in [-0.15, -0.1) is 0 Å². The van der Waals surface area contributed by atoms with Gasteiger partial charge in [0.25, 0.3) is 0 Å². The van der Waals surface area contributed by atoms with E-state index in [0.717, 1.165) is 40.1 Å². The minimum Gasteiger partial charge on any atom is -0.493 e. The lowest BCUT2D eigenvalue weighted by Crippen LogP contribution is -2.63. The number of hydrogen-bond acceptors (Lipinski definition) is 5. The van der Waals surface area contributed by atoms with Crippen LogP contribution in [-0.4, -0.2) is 62.2 Å². The van der Waals surface area contributed by atoms with E-state index < -0.39 is 0 Å². The van der Waals surface area contributed by atoms with Crippen molar-refractivity contribution in [2.24, 2.45) is 10.7 Å². The maximum Gasteiger partial charge on any atom is 0.429 e. The second-order valence-electron chi connectivity index (χ2n) is 9.00. The van der Waals surface area contributed by atoms with Crippen LogP contribution in [-0.2, 0) is 6.42 Å². The largest absolute Gasteiger partial charge is 0.493 e. The van der Waals surface area contributed by atoms with Crippen LogP contribution >= 0.6 is 0 Å². The number of nitrogens with two attached hydrogens (primary N) is 1. The summed E-state index contributed by atoms with van der Waals surface area (Å²) in [5, 5.41) is 0. The van der Waals surface area contributed by atoms with E-state index in [1.165, 1.54) is 5.56 Å². The van der Waals surface area contributed by atoms with Gasteiger partial charge in [0.1, 0.15) is 6.54 Å². The number of amidine groups is 1. The molecule has 1 atom stereocenters. The van der Waals surface area contributed by atoms with Crippen molar-refractivity contribution < 1.29 is 18.8 Å². The zero-order valence-corrected chi connectivity index (χ0v) is 20.4. The van der Waals surface area contributed by atoms with Crippen molar-refractivity contribution in [3.63, 3.8) is 0 Å². The molecule has 0 saturated carbocycles. The molecule has 7 nitrogen and oxygen atoms in total. The molecule has 2 N–H and O–H groups in total. The van der Waals surface area contributed by atoms with Gasteiger partial charge < -0.3 is 15.2 Å². The van der Waals surface area contributed by atoms with Crippen LogP contribution in [0.25, 0.3) is 5.70 Å². The van der Waals surface area contributed by atoms with Crippen LogP contribution in [0, 0.1) is 20.8 Å². The molecular formula is C26H33N4O3+. The lowest BCUT2D eigenvalue weighted by atomic mass is 9.94. The highest BCUT2D eigenvalue weighted by Gasteiger charge is 2.47. The first-order valence-corrected chi connectivity index (χ1v) is 11.2. The van der Waals surface area contributed by atoms with Gasteiger partial charge in [0.15, 0.2) is 11.5 Å². The summed E-state index contributed by atoms with van der Waals surface area (Å²) in [5.41, 5.74) is 13.2. The summed E-state index contributed by atoms with van der Waals surface area (Å²) in [5.74, 6) is 2.02. The van der Waals surface area contributed by atoms with E-state index in [1.54, 1.807) is 14.2 Å². The zero-order valence-electron chi connectivity index (χ0n) is 20.4. The molecular weight excluding hydrogens is 416 g/mol. The van der Waals surface area contributed by atoms with Gasteiger partial charge in [0, 0.05) is 24.7 Å². The van der Waals surface area contributed by atoms with Crippen molar-refractivity contribution in [1.82, 2.24) is 4.90 Å². The van der Waals surface area contributed by atoms with E-state index in [9.17, 15) is 4.79 Å². The molecule has 174 valence electrons. The smallest absolute Gasteiger partial charge is 0.429 e. The fourth-order valence-electron chi connectivity index (χ4n) is 4.92. The quantitative estimate of drug-likeness (QED) is 0.698. The topological polar surface area (TPSA) is 77.1 Å². The molecule has 0 bridgehead atoms. The number of amides is 2. The number of methoxy groups -OCH3 is 2. The standard InChI is InChI=1S/C26H33N4O3/c1-16-11-17(2)25(18(3)12-16)28-24-15-21-20-14-23(33-6)22(32-5)13-19(20)7-9-29(21)26(31)30(24,4)10-8-27/h11-15H,7-10,27H2,1-6H3/q+1. The highest BCUT2D eigenvalue weighted by molar-refractivity contribution is 6.07. The maximum absolute atomic E-state index is 13.8. The molecule has 1 unspecified atom stereocenters. The minimum absolute atomic E-state index is 0.0143. The predicted octanol–water partition coefficient (Wildman–Crippen LogP) is 4.10. The Hall–Kier alpha value is -3.16. The molecule has 0 aliphatic carbocycles. The molecule has 0 radical (unpaired) electrons. The summed E-state index contributed by atoms with van der Waals surface area (Å²) in [6, 6.07) is 8.19. The average molecular weight is 450 g/mol. The Morgan fingerprint density at radius 1 is 1.06 bits per heavy atom. The summed E-state index contributed by atoms with van der Waals surface area (Å²) >= 11 is 0. The fraction of sp³-hybridized carbons (Fsp3) is 0.385. The Bertz CT molecular complexity index is 1160. The van der Waals surface area contributed by atoms with E-state index in [2.05, 4.69) is 32.9 Å². The Morgan fingerprint density at radius 3 is 2.30 bits per heavy atom. The summed E-state index contributed by atoms with van der Waals surface area (Å²) in [7, 11) is 5.16. The predicted molar refractivity (Wildman–Crippen MR) is 131 cm³/mol. The molecule has 2 aliphatic heterocycles. The van der Waals surface area contributed by atoms with Crippen LogP contribution in [0.2, 0.25) is 0 Å². The minimum atomic E-state index is -0.0143. The number of carbonyl (C=O) groups is 1. The first kappa shape index (κ1) is 23.0. The molecule has 0 aromatic heterocycles. The number of quaternary nitrogens is 1. The van der Waals surface area contributed by atoms with E-state index in [0.29, 0.717) is 37.0 Å². The fourth-order valence-corrected chi connectivity index (χ4v) is 4.92. The van der Waals surface area contributed by atoms with Crippen molar-refractivity contribution in [3.05, 3.63) is 58.2 Å². The summed E-state index contributed by atoms with van der Waals surface area (Å²) < 4.78 is 11.1. The highest BCUT2D eigenvalue weighted by atomic mass is 16.5. The van der Waals surface area contributed by atoms with Crippen LogP contribution in [0.4, 0.5) is 10.5 Å². The monoisotopic (exact) mass is 449 g/mol. The van der Waals surface area contributed by atoms with Gasteiger partial charge in [-0.3, -0.25) is 4.90 Å². The summed E-state index contributed by atoms with van der Waals surface area (Å²) in [6.07, 6.45) is 2.78. The van der Waals surface area contributed by atoms with E-state index >= 15 is 0 Å². The van der Waals surface area contributed by atoms with Gasteiger partial charge in [-0.05, 0) is 56.0 Å². The number of benzene rings is 2. The van der Waals surface area contributed by atoms with Crippen molar-refractivity contribution in [2.75, 3.05) is 40.9 Å². The molecule has 4 rings (SSSR count). The number of rotatable bonds is 5. The lowest BCUT2D eigenvalue weighted by molar-refractivity contribution is -0.737. The molecule has 33 heavy (non-hydrogen) atoms. The zero-order chi connectivity index (χ0) is 23.9. The van der Waals surface area contributed by atoms with Gasteiger partial charge in [0.05, 0.1) is 32.7 Å². The number of fused-ring (bicyclic) bond motifs is 3. The van der Waals surface area contributed by atoms with Gasteiger partial charge >= 0.3 is 6.03 Å². The van der Waals surface area contributed by atoms with Crippen LogP contribution < -0.4 is 15.2 Å². The van der Waals surface area contributed by atoms with E-state index in [-0.39, 0.29) is 10.5 Å². The number of aliphatic imine (C=N–C) groups is 1. The second kappa shape index (κ2) is 8.65. The van der Waals surface area contributed by atoms with Gasteiger partial charge in [-0.2, -0.15) is 9.48 Å². The Morgan fingerprint density at radius 2 is 1.70 bits per heavy atom. The Kier molecular flexibility index (Phi) is 6.03. The Balaban J connectivity index is 1.95. The van der Waals surface area contributed by atoms with E-state index in [1.807, 2.05) is 30.2 Å². The number of carbonyl (C=O) groups excluding carboxylic acids is 1. The number of hydrogen-bond donors (Lipinski definition) is 1. The molecule has 2 aromatic carbocycles. The number of likely N-dealkylation sites (N-methyl/N-ethyl adjacent to an activating group) is 1. The summed E-state index contributed by atoms with van der Waals surface area (Å²) in [4.78, 5) is 20.8. The van der Waals surface area contributed by atoms with Gasteiger partial charge in [-0.25, -0.2) is 4.79 Å². The molecule has 7 heteroatoms. The normalized spacial score (nSPS) is 20.9. The van der Waals surface area contributed by atoms with Gasteiger partial charge in [0.2, 0.25) is 5.84 Å². The number of nitrogens with zero attached hydrogens (tertiary/aromatic N) is 3. The number of aryl methyl sites for hydroxylation is 3. The van der Waals surface area contributed by atoms with Crippen LogP contribution in [0.5, 0.6) is 11.5 Å². The SMILES string of the molecule is COc1cc2c(cc1OC)C1=CC(=Nc3c(C)cc(C)cc3C)[N+](C)(CCN)C(=O)N1CC2. The highest BCUT2D eigenvalue weighted by Crippen LogP contribution is 2.41. The van der Waals surface area contributed by atoms with E-state index in [4.69, 9.17) is 20.2 Å². The average Bonchev–Trinajstić information content (AvgIpc) is 2.78. The third-order valence-electron chi connectivity index (χ3n) is 6.64. The van der Waals surface area contributed by atoms with Crippen LogP contribution in [0.15, 0.2) is 35.3 Å². The molecule has 2 heterocycles. The first-order valence-electron chi connectivity index (χ1n) is 11.2. The van der Waals surface area contributed by atoms with Crippen LogP contribution in [0.1, 0.15) is 27.8 Å². The number of urea groups is 1. The van der Waals surface area contributed by atoms with Crippen molar-refractivity contribution in [1.29, 1.82) is 0 Å². The molecule has 0 saturated heterocycles. The molecule has 0 spiro atoms. The maximum atomic E-state index is 13.8. The molecule has 0 fully saturated rings. The van der Waals surface area contributed by atoms with Crippen molar-refractivity contribution in [3.8, 4) is 11.5 Å².